The molecule has 25 heavy (non-hydrogen) atoms. The van der Waals surface area contributed by atoms with Gasteiger partial charge in [0.15, 0.2) is 5.13 Å². The number of aromatic nitrogens is 3. The molecular formula is C18H13ClN4OS. The summed E-state index contributed by atoms with van der Waals surface area (Å²) in [5.41, 5.74) is 2.78. The standard InChI is InChI=1S/C18H13ClN4OS/c1-24-15-8-11(6-7-13(15)19)12-9-20-17(21-10-12)23-18-22-14-4-2-3-5-16(14)25-18/h2-10H,1H3,(H,20,21,22,23). The van der Waals surface area contributed by atoms with Gasteiger partial charge in [-0.05, 0) is 29.8 Å². The van der Waals surface area contributed by atoms with Crippen LogP contribution >= 0.6 is 22.9 Å². The van der Waals surface area contributed by atoms with Crippen molar-refractivity contribution in [3.63, 3.8) is 0 Å². The van der Waals surface area contributed by atoms with Crippen molar-refractivity contribution in [2.75, 3.05) is 12.4 Å². The lowest BCUT2D eigenvalue weighted by Gasteiger charge is -2.07. The first-order chi connectivity index (χ1) is 12.2. The lowest BCUT2D eigenvalue weighted by atomic mass is 10.1. The molecule has 0 atom stereocenters. The number of para-hydroxylation sites is 1. The first-order valence-corrected chi connectivity index (χ1v) is 8.71. The summed E-state index contributed by atoms with van der Waals surface area (Å²) >= 11 is 7.63. The number of rotatable bonds is 4. The van der Waals surface area contributed by atoms with Gasteiger partial charge in [-0.25, -0.2) is 15.0 Å². The molecule has 0 radical (unpaired) electrons. The molecule has 1 N–H and O–H groups in total. The van der Waals surface area contributed by atoms with Crippen LogP contribution in [0.15, 0.2) is 54.9 Å². The maximum absolute atomic E-state index is 6.06. The first-order valence-electron chi connectivity index (χ1n) is 7.51. The zero-order valence-electron chi connectivity index (χ0n) is 13.2. The SMILES string of the molecule is COc1cc(-c2cnc(Nc3nc4ccccc4s3)nc2)ccc1Cl. The highest BCUT2D eigenvalue weighted by atomic mass is 35.5. The maximum atomic E-state index is 6.06. The summed E-state index contributed by atoms with van der Waals surface area (Å²) in [6, 6.07) is 13.5. The highest BCUT2D eigenvalue weighted by Crippen LogP contribution is 2.30. The van der Waals surface area contributed by atoms with E-state index in [0.717, 1.165) is 26.5 Å². The Hall–Kier alpha value is -2.70. The third kappa shape index (κ3) is 3.26. The predicted molar refractivity (Wildman–Crippen MR) is 102 cm³/mol. The molecule has 7 heteroatoms. The van der Waals surface area contributed by atoms with Gasteiger partial charge in [0.1, 0.15) is 5.75 Å². The smallest absolute Gasteiger partial charge is 0.228 e. The molecule has 2 aromatic carbocycles. The van der Waals surface area contributed by atoms with Crippen LogP contribution in [0.25, 0.3) is 21.3 Å². The Morgan fingerprint density at radius 1 is 1.04 bits per heavy atom. The Kier molecular flexibility index (Phi) is 4.21. The summed E-state index contributed by atoms with van der Waals surface area (Å²) in [6.45, 7) is 0. The second-order valence-electron chi connectivity index (χ2n) is 5.26. The van der Waals surface area contributed by atoms with Gasteiger partial charge in [0.05, 0.1) is 22.3 Å². The van der Waals surface area contributed by atoms with Crippen LogP contribution in [-0.2, 0) is 0 Å². The number of anilines is 2. The summed E-state index contributed by atoms with van der Waals surface area (Å²) in [5, 5.41) is 4.48. The van der Waals surface area contributed by atoms with E-state index >= 15 is 0 Å². The second-order valence-corrected chi connectivity index (χ2v) is 6.69. The molecular weight excluding hydrogens is 356 g/mol. The van der Waals surface area contributed by atoms with E-state index in [2.05, 4.69) is 20.3 Å². The number of benzene rings is 2. The molecule has 0 saturated heterocycles. The third-order valence-electron chi connectivity index (χ3n) is 3.65. The fourth-order valence-electron chi connectivity index (χ4n) is 2.40. The highest BCUT2D eigenvalue weighted by Gasteiger charge is 2.07. The molecule has 5 nitrogen and oxygen atoms in total. The molecule has 0 amide bonds. The minimum absolute atomic E-state index is 0.503. The van der Waals surface area contributed by atoms with Crippen LogP contribution in [-0.4, -0.2) is 22.1 Å². The molecule has 0 saturated carbocycles. The number of thiazole rings is 1. The van der Waals surface area contributed by atoms with E-state index in [9.17, 15) is 0 Å². The monoisotopic (exact) mass is 368 g/mol. The summed E-state index contributed by atoms with van der Waals surface area (Å²) in [7, 11) is 1.59. The summed E-state index contributed by atoms with van der Waals surface area (Å²) < 4.78 is 6.37. The summed E-state index contributed by atoms with van der Waals surface area (Å²) in [5.74, 6) is 1.12. The Balaban J connectivity index is 1.57. The van der Waals surface area contributed by atoms with E-state index in [1.807, 2.05) is 36.4 Å². The molecule has 0 bridgehead atoms. The number of halogens is 1. The fraction of sp³-hybridized carbons (Fsp3) is 0.0556. The van der Waals surface area contributed by atoms with Crippen molar-refractivity contribution in [3.05, 3.63) is 59.9 Å². The van der Waals surface area contributed by atoms with E-state index in [1.54, 1.807) is 36.9 Å². The van der Waals surface area contributed by atoms with E-state index in [-0.39, 0.29) is 0 Å². The molecule has 2 aromatic heterocycles. The molecule has 4 aromatic rings. The van der Waals surface area contributed by atoms with Gasteiger partial charge in [-0.15, -0.1) is 0 Å². The molecule has 0 aliphatic carbocycles. The Labute approximate surface area is 153 Å². The van der Waals surface area contributed by atoms with Crippen molar-refractivity contribution in [1.82, 2.24) is 15.0 Å². The molecule has 4 rings (SSSR count). The van der Waals surface area contributed by atoms with Crippen molar-refractivity contribution < 1.29 is 4.74 Å². The Morgan fingerprint density at radius 2 is 1.84 bits per heavy atom. The molecule has 0 unspecified atom stereocenters. The van der Waals surface area contributed by atoms with Crippen molar-refractivity contribution in [3.8, 4) is 16.9 Å². The van der Waals surface area contributed by atoms with Crippen molar-refractivity contribution >= 4 is 44.2 Å². The van der Waals surface area contributed by atoms with Crippen molar-refractivity contribution in [2.24, 2.45) is 0 Å². The Morgan fingerprint density at radius 3 is 2.60 bits per heavy atom. The number of fused-ring (bicyclic) bond motifs is 1. The van der Waals surface area contributed by atoms with Crippen molar-refractivity contribution in [2.45, 2.75) is 0 Å². The van der Waals surface area contributed by atoms with Crippen LogP contribution in [0.4, 0.5) is 11.1 Å². The van der Waals surface area contributed by atoms with Gasteiger partial charge in [0.2, 0.25) is 5.95 Å². The number of nitrogens with one attached hydrogen (secondary N) is 1. The minimum atomic E-state index is 0.503. The zero-order chi connectivity index (χ0) is 17.2. The van der Waals surface area contributed by atoms with Gasteiger partial charge < -0.3 is 10.1 Å². The molecule has 2 heterocycles. The van der Waals surface area contributed by atoms with E-state index in [0.29, 0.717) is 16.7 Å². The largest absolute Gasteiger partial charge is 0.495 e. The summed E-state index contributed by atoms with van der Waals surface area (Å²) in [6.07, 6.45) is 3.51. The average molecular weight is 369 g/mol. The van der Waals surface area contributed by atoms with Crippen LogP contribution in [0.1, 0.15) is 0 Å². The second kappa shape index (κ2) is 6.66. The zero-order valence-corrected chi connectivity index (χ0v) is 14.8. The Bertz CT molecular complexity index is 1000. The van der Waals surface area contributed by atoms with E-state index < -0.39 is 0 Å². The van der Waals surface area contributed by atoms with Gasteiger partial charge in [0.25, 0.3) is 0 Å². The number of methoxy groups -OCH3 is 1. The van der Waals surface area contributed by atoms with E-state index in [1.165, 1.54) is 0 Å². The van der Waals surface area contributed by atoms with Gasteiger partial charge in [-0.1, -0.05) is 41.1 Å². The number of hydrogen-bond donors (Lipinski definition) is 1. The molecule has 0 aliphatic rings. The normalized spacial score (nSPS) is 10.8. The van der Waals surface area contributed by atoms with Crippen LogP contribution in [0.5, 0.6) is 5.75 Å². The average Bonchev–Trinajstić information content (AvgIpc) is 3.05. The van der Waals surface area contributed by atoms with Crippen LogP contribution in [0.3, 0.4) is 0 Å². The highest BCUT2D eigenvalue weighted by molar-refractivity contribution is 7.22. The molecule has 124 valence electrons. The lowest BCUT2D eigenvalue weighted by molar-refractivity contribution is 0.415. The minimum Gasteiger partial charge on any atom is -0.495 e. The molecule has 0 spiro atoms. The predicted octanol–water partition coefficient (Wildman–Crippen LogP) is 5.16. The van der Waals surface area contributed by atoms with Gasteiger partial charge in [-0.2, -0.15) is 0 Å². The van der Waals surface area contributed by atoms with E-state index in [4.69, 9.17) is 16.3 Å². The first kappa shape index (κ1) is 15.8. The van der Waals surface area contributed by atoms with Gasteiger partial charge in [0, 0.05) is 18.0 Å². The van der Waals surface area contributed by atoms with Gasteiger partial charge in [-0.3, -0.25) is 0 Å². The molecule has 0 fully saturated rings. The number of ether oxygens (including phenoxy) is 1. The maximum Gasteiger partial charge on any atom is 0.228 e. The topological polar surface area (TPSA) is 59.9 Å². The van der Waals surface area contributed by atoms with Crippen LogP contribution < -0.4 is 10.1 Å². The van der Waals surface area contributed by atoms with Gasteiger partial charge >= 0.3 is 0 Å². The van der Waals surface area contributed by atoms with Crippen LogP contribution in [0, 0.1) is 0 Å². The quantitative estimate of drug-likeness (QED) is 0.539. The fourth-order valence-corrected chi connectivity index (χ4v) is 3.46. The number of nitrogens with zero attached hydrogens (tertiary/aromatic N) is 3. The third-order valence-corrected chi connectivity index (χ3v) is 4.91. The summed E-state index contributed by atoms with van der Waals surface area (Å²) in [4.78, 5) is 13.3. The lowest BCUT2D eigenvalue weighted by Crippen LogP contribution is -1.96. The number of hydrogen-bond acceptors (Lipinski definition) is 6. The van der Waals surface area contributed by atoms with Crippen molar-refractivity contribution in [1.29, 1.82) is 0 Å². The van der Waals surface area contributed by atoms with Crippen LogP contribution in [0.2, 0.25) is 5.02 Å². The molecule has 0 aliphatic heterocycles.